The largest absolute Gasteiger partial charge is 0.459 e. The van der Waals surface area contributed by atoms with E-state index in [4.69, 9.17) is 4.42 Å². The number of furan rings is 1. The summed E-state index contributed by atoms with van der Waals surface area (Å²) >= 11 is 0. The molecule has 0 aliphatic heterocycles. The van der Waals surface area contributed by atoms with Gasteiger partial charge in [0.05, 0.1) is 17.6 Å². The summed E-state index contributed by atoms with van der Waals surface area (Å²) in [6.07, 6.45) is 8.86. The third-order valence-corrected chi connectivity index (χ3v) is 8.13. The van der Waals surface area contributed by atoms with E-state index in [1.54, 1.807) is 13.1 Å². The van der Waals surface area contributed by atoms with Crippen molar-refractivity contribution in [3.05, 3.63) is 66.3 Å². The number of para-hydroxylation sites is 1. The quantitative estimate of drug-likeness (QED) is 0.350. The van der Waals surface area contributed by atoms with Crippen molar-refractivity contribution in [2.24, 2.45) is 16.7 Å². The smallest absolute Gasteiger partial charge is 0.166 e. The number of hydrogen-bond acceptors (Lipinski definition) is 4. The van der Waals surface area contributed by atoms with Crippen LogP contribution in [0.25, 0.3) is 21.9 Å². The standard InChI is InChI=1S/C27H26N2O3/c1-17(26-14-27(15-26,16-26)18(2)30)9-23(31)22-12-28-11-20-7-8-29(25(20)22)13-21-10-19-5-3-4-6-24(19)32-21/h3-8,10-12,17H,9,13-16H2,1-2H3/t17-,26?,27?/m1/s1. The molecule has 32 heavy (non-hydrogen) atoms. The summed E-state index contributed by atoms with van der Waals surface area (Å²) in [6, 6.07) is 12.0. The lowest BCUT2D eigenvalue weighted by molar-refractivity contribution is -0.223. The van der Waals surface area contributed by atoms with Crippen LogP contribution < -0.4 is 0 Å². The molecule has 162 valence electrons. The van der Waals surface area contributed by atoms with Gasteiger partial charge in [0.1, 0.15) is 17.1 Å². The zero-order valence-electron chi connectivity index (χ0n) is 18.4. The number of fused-ring (bicyclic) bond motifs is 2. The van der Waals surface area contributed by atoms with Crippen LogP contribution in [0.3, 0.4) is 0 Å². The molecule has 3 fully saturated rings. The van der Waals surface area contributed by atoms with Crippen molar-refractivity contribution in [3.8, 4) is 0 Å². The van der Waals surface area contributed by atoms with Gasteiger partial charge in [0.2, 0.25) is 0 Å². The highest BCUT2D eigenvalue weighted by Gasteiger charge is 2.71. The van der Waals surface area contributed by atoms with Gasteiger partial charge in [-0.2, -0.15) is 0 Å². The van der Waals surface area contributed by atoms with E-state index in [-0.39, 0.29) is 22.5 Å². The summed E-state index contributed by atoms with van der Waals surface area (Å²) in [5.74, 6) is 1.57. The Kier molecular flexibility index (Phi) is 4.04. The van der Waals surface area contributed by atoms with Gasteiger partial charge in [-0.05, 0) is 55.7 Å². The maximum Gasteiger partial charge on any atom is 0.166 e. The minimum Gasteiger partial charge on any atom is -0.459 e. The van der Waals surface area contributed by atoms with Crippen LogP contribution in [0, 0.1) is 16.7 Å². The number of carbonyl (C=O) groups excluding carboxylic acids is 2. The molecule has 3 aromatic heterocycles. The van der Waals surface area contributed by atoms with E-state index in [0.717, 1.165) is 46.9 Å². The molecule has 0 amide bonds. The normalized spacial score (nSPS) is 24.8. The molecule has 0 radical (unpaired) electrons. The fourth-order valence-electron chi connectivity index (χ4n) is 6.14. The maximum absolute atomic E-state index is 13.4. The molecule has 3 aliphatic rings. The van der Waals surface area contributed by atoms with Gasteiger partial charge in [-0.3, -0.25) is 14.6 Å². The van der Waals surface area contributed by atoms with Crippen molar-refractivity contribution in [2.45, 2.75) is 46.1 Å². The molecule has 5 nitrogen and oxygen atoms in total. The summed E-state index contributed by atoms with van der Waals surface area (Å²) in [6.45, 7) is 4.44. The molecule has 3 aliphatic carbocycles. The number of benzene rings is 1. The number of ketones is 2. The molecule has 0 N–H and O–H groups in total. The number of aromatic nitrogens is 2. The van der Waals surface area contributed by atoms with Gasteiger partial charge in [0, 0.05) is 41.2 Å². The van der Waals surface area contributed by atoms with Crippen LogP contribution in [-0.2, 0) is 11.3 Å². The van der Waals surface area contributed by atoms with Gasteiger partial charge in [-0.1, -0.05) is 25.1 Å². The van der Waals surface area contributed by atoms with Gasteiger partial charge in [0.15, 0.2) is 5.78 Å². The minimum atomic E-state index is -0.0693. The lowest BCUT2D eigenvalue weighted by atomic mass is 9.31. The third-order valence-electron chi connectivity index (χ3n) is 8.13. The Bertz CT molecular complexity index is 1340. The second-order valence-corrected chi connectivity index (χ2v) is 10.1. The third kappa shape index (κ3) is 2.73. The molecular formula is C27H26N2O3. The van der Waals surface area contributed by atoms with Crippen LogP contribution in [-0.4, -0.2) is 21.1 Å². The second kappa shape index (κ2) is 6.64. The molecule has 3 heterocycles. The van der Waals surface area contributed by atoms with Crippen LogP contribution in [0.5, 0.6) is 0 Å². The first kappa shape index (κ1) is 19.5. The van der Waals surface area contributed by atoms with E-state index in [0.29, 0.717) is 24.3 Å². The molecule has 5 heteroatoms. The Morgan fingerprint density at radius 2 is 1.91 bits per heavy atom. The Labute approximate surface area is 186 Å². The lowest BCUT2D eigenvalue weighted by Crippen LogP contribution is -2.67. The number of rotatable bonds is 7. The number of carbonyl (C=O) groups is 2. The predicted molar refractivity (Wildman–Crippen MR) is 123 cm³/mol. The first-order valence-electron chi connectivity index (χ1n) is 11.3. The zero-order valence-corrected chi connectivity index (χ0v) is 18.4. The van der Waals surface area contributed by atoms with E-state index in [1.807, 2.05) is 42.7 Å². The Hall–Kier alpha value is -3.21. The van der Waals surface area contributed by atoms with Crippen molar-refractivity contribution in [3.63, 3.8) is 0 Å². The van der Waals surface area contributed by atoms with E-state index < -0.39 is 0 Å². The fourth-order valence-corrected chi connectivity index (χ4v) is 6.14. The van der Waals surface area contributed by atoms with E-state index >= 15 is 0 Å². The number of pyridine rings is 1. The highest BCUT2D eigenvalue weighted by atomic mass is 16.3. The molecule has 0 unspecified atom stereocenters. The van der Waals surface area contributed by atoms with Gasteiger partial charge < -0.3 is 8.98 Å². The molecular weight excluding hydrogens is 400 g/mol. The van der Waals surface area contributed by atoms with E-state index in [9.17, 15) is 9.59 Å². The number of hydrogen-bond donors (Lipinski definition) is 0. The predicted octanol–water partition coefficient (Wildman–Crippen LogP) is 5.80. The molecule has 2 bridgehead atoms. The topological polar surface area (TPSA) is 65.1 Å². The second-order valence-electron chi connectivity index (χ2n) is 10.1. The zero-order chi connectivity index (χ0) is 22.1. The van der Waals surface area contributed by atoms with E-state index in [1.165, 1.54) is 0 Å². The van der Waals surface area contributed by atoms with Crippen molar-refractivity contribution in [1.82, 2.24) is 9.55 Å². The van der Waals surface area contributed by atoms with Crippen molar-refractivity contribution in [2.75, 3.05) is 0 Å². The molecule has 0 spiro atoms. The Balaban J connectivity index is 1.26. The van der Waals surface area contributed by atoms with Crippen LogP contribution >= 0.6 is 0 Å². The molecule has 1 atom stereocenters. The first-order valence-corrected chi connectivity index (χ1v) is 11.3. The molecule has 1 aromatic carbocycles. The highest BCUT2D eigenvalue weighted by molar-refractivity contribution is 6.06. The van der Waals surface area contributed by atoms with Crippen LogP contribution in [0.1, 0.15) is 55.6 Å². The van der Waals surface area contributed by atoms with Gasteiger partial charge in [-0.15, -0.1) is 0 Å². The Morgan fingerprint density at radius 3 is 2.66 bits per heavy atom. The number of Topliss-reactive ketones (excluding diaryl/α,β-unsaturated/α-hetero) is 2. The van der Waals surface area contributed by atoms with Gasteiger partial charge in [0.25, 0.3) is 0 Å². The molecule has 4 aromatic rings. The summed E-state index contributed by atoms with van der Waals surface area (Å²) < 4.78 is 8.09. The summed E-state index contributed by atoms with van der Waals surface area (Å²) in [4.78, 5) is 29.6. The number of nitrogens with zero attached hydrogens (tertiary/aromatic N) is 2. The van der Waals surface area contributed by atoms with Gasteiger partial charge in [-0.25, -0.2) is 0 Å². The summed E-state index contributed by atoms with van der Waals surface area (Å²) in [5, 5.41) is 2.04. The first-order chi connectivity index (χ1) is 15.4. The fraction of sp³-hybridized carbons (Fsp3) is 0.370. The van der Waals surface area contributed by atoms with E-state index in [2.05, 4.69) is 22.5 Å². The minimum absolute atomic E-state index is 0.0693. The average molecular weight is 427 g/mol. The SMILES string of the molecule is CC(=O)C12CC([C@H](C)CC(=O)c3cncc4ccn(Cc5cc6ccccc6o5)c34)(C1)C2. The summed E-state index contributed by atoms with van der Waals surface area (Å²) in [7, 11) is 0. The molecule has 3 saturated carbocycles. The van der Waals surface area contributed by atoms with Crippen LogP contribution in [0.2, 0.25) is 0 Å². The highest BCUT2D eigenvalue weighted by Crippen LogP contribution is 2.76. The monoisotopic (exact) mass is 426 g/mol. The molecule has 7 rings (SSSR count). The van der Waals surface area contributed by atoms with Gasteiger partial charge >= 0.3 is 0 Å². The van der Waals surface area contributed by atoms with Crippen molar-refractivity contribution >= 4 is 33.4 Å². The van der Waals surface area contributed by atoms with Crippen molar-refractivity contribution < 1.29 is 14.0 Å². The Morgan fingerprint density at radius 1 is 1.12 bits per heavy atom. The lowest BCUT2D eigenvalue weighted by Gasteiger charge is -2.72. The van der Waals surface area contributed by atoms with Crippen LogP contribution in [0.15, 0.2) is 59.4 Å². The van der Waals surface area contributed by atoms with Crippen LogP contribution in [0.4, 0.5) is 0 Å². The summed E-state index contributed by atoms with van der Waals surface area (Å²) in [5.41, 5.74) is 2.56. The maximum atomic E-state index is 13.4. The average Bonchev–Trinajstić information content (AvgIpc) is 3.29. The molecule has 0 saturated heterocycles. The van der Waals surface area contributed by atoms with Crippen molar-refractivity contribution in [1.29, 1.82) is 0 Å².